The number of unbranched alkanes of at least 4 members (excludes halogenated alkanes) is 8. The molecule has 0 heterocycles. The number of hydrogen-bond donors (Lipinski definition) is 1. The molecule has 1 rings (SSSR count). The summed E-state index contributed by atoms with van der Waals surface area (Å²) in [6, 6.07) is 6.33. The van der Waals surface area contributed by atoms with Crippen molar-refractivity contribution in [3.05, 3.63) is 53.6 Å². The Morgan fingerprint density at radius 3 is 1.93 bits per heavy atom. The highest BCUT2D eigenvalue weighted by Crippen LogP contribution is 2.23. The van der Waals surface area contributed by atoms with Crippen LogP contribution in [0.4, 0.5) is 5.69 Å². The Morgan fingerprint density at radius 2 is 1.33 bits per heavy atom. The predicted octanol–water partition coefficient (Wildman–Crippen LogP) is 8.56. The van der Waals surface area contributed by atoms with Crippen LogP contribution in [0.2, 0.25) is 0 Å². The second kappa shape index (κ2) is 18.0. The molecule has 0 aromatic heterocycles. The van der Waals surface area contributed by atoms with E-state index in [1.54, 1.807) is 0 Å². The topological polar surface area (TPSA) is 29.1 Å². The first kappa shape index (κ1) is 26.2. The Kier molecular flexibility index (Phi) is 15.7. The number of anilines is 1. The zero-order valence-corrected chi connectivity index (χ0v) is 19.8. The molecule has 0 saturated heterocycles. The van der Waals surface area contributed by atoms with Crippen molar-refractivity contribution < 1.29 is 4.79 Å². The summed E-state index contributed by atoms with van der Waals surface area (Å²) in [6.45, 7) is 6.54. The first-order valence-electron chi connectivity index (χ1n) is 12.4. The zero-order valence-electron chi connectivity index (χ0n) is 19.8. The Balaban J connectivity index is 2.07. The van der Waals surface area contributed by atoms with Crippen LogP contribution in [0.3, 0.4) is 0 Å². The standard InChI is InChI=1S/C28H45NO/c1-4-7-8-9-10-11-12-13-14-15-16-17-18-19-20-24-27(30)29-28-25(5-2)22-21-23-26(28)6-3/h10-11,13-14,21-23H,4-9,12,15-20,24H2,1-3H3,(H,29,30)/b11-10-,14-13-. The van der Waals surface area contributed by atoms with Gasteiger partial charge in [-0.1, -0.05) is 95.4 Å². The van der Waals surface area contributed by atoms with E-state index < -0.39 is 0 Å². The fourth-order valence-electron chi connectivity index (χ4n) is 3.70. The number of rotatable bonds is 17. The van der Waals surface area contributed by atoms with Gasteiger partial charge in [0.05, 0.1) is 0 Å². The summed E-state index contributed by atoms with van der Waals surface area (Å²) >= 11 is 0. The number of aryl methyl sites for hydroxylation is 2. The molecule has 1 aromatic carbocycles. The molecule has 0 fully saturated rings. The minimum Gasteiger partial charge on any atom is -0.326 e. The number of hydrogen-bond acceptors (Lipinski definition) is 1. The Bertz CT molecular complexity index is 607. The van der Waals surface area contributed by atoms with Crippen LogP contribution in [-0.2, 0) is 17.6 Å². The van der Waals surface area contributed by atoms with Crippen LogP contribution in [0, 0.1) is 0 Å². The minimum atomic E-state index is 0.163. The number of para-hydroxylation sites is 1. The van der Waals surface area contributed by atoms with E-state index in [1.807, 2.05) is 0 Å². The van der Waals surface area contributed by atoms with Crippen molar-refractivity contribution >= 4 is 11.6 Å². The largest absolute Gasteiger partial charge is 0.326 e. The van der Waals surface area contributed by atoms with Crippen molar-refractivity contribution in [2.75, 3.05) is 5.32 Å². The highest BCUT2D eigenvalue weighted by Gasteiger charge is 2.09. The highest BCUT2D eigenvalue weighted by atomic mass is 16.1. The second-order valence-corrected chi connectivity index (χ2v) is 8.19. The summed E-state index contributed by atoms with van der Waals surface area (Å²) in [5, 5.41) is 3.18. The normalized spacial score (nSPS) is 11.6. The van der Waals surface area contributed by atoms with E-state index in [1.165, 1.54) is 62.5 Å². The smallest absolute Gasteiger partial charge is 0.224 e. The molecule has 168 valence electrons. The molecule has 2 heteroatoms. The highest BCUT2D eigenvalue weighted by molar-refractivity contribution is 5.92. The third-order valence-electron chi connectivity index (χ3n) is 5.62. The summed E-state index contributed by atoms with van der Waals surface area (Å²) < 4.78 is 0. The van der Waals surface area contributed by atoms with Gasteiger partial charge in [0, 0.05) is 12.1 Å². The minimum absolute atomic E-state index is 0.163. The van der Waals surface area contributed by atoms with Crippen molar-refractivity contribution in [2.45, 2.75) is 111 Å². The van der Waals surface area contributed by atoms with Gasteiger partial charge in [0.25, 0.3) is 0 Å². The lowest BCUT2D eigenvalue weighted by atomic mass is 10.0. The van der Waals surface area contributed by atoms with Crippen LogP contribution in [0.5, 0.6) is 0 Å². The van der Waals surface area contributed by atoms with Crippen molar-refractivity contribution in [1.82, 2.24) is 0 Å². The molecule has 2 nitrogen and oxygen atoms in total. The lowest BCUT2D eigenvalue weighted by Gasteiger charge is -2.14. The van der Waals surface area contributed by atoms with Crippen molar-refractivity contribution in [3.63, 3.8) is 0 Å². The molecule has 30 heavy (non-hydrogen) atoms. The summed E-state index contributed by atoms with van der Waals surface area (Å²) in [4.78, 5) is 12.4. The van der Waals surface area contributed by atoms with Gasteiger partial charge in [-0.05, 0) is 62.5 Å². The first-order valence-corrected chi connectivity index (χ1v) is 12.4. The Hall–Kier alpha value is -1.83. The molecule has 0 atom stereocenters. The maximum Gasteiger partial charge on any atom is 0.224 e. The first-order chi connectivity index (χ1) is 14.7. The summed E-state index contributed by atoms with van der Waals surface area (Å²) in [5.41, 5.74) is 3.53. The van der Waals surface area contributed by atoms with Crippen LogP contribution in [0.15, 0.2) is 42.5 Å². The lowest BCUT2D eigenvalue weighted by molar-refractivity contribution is -0.116. The van der Waals surface area contributed by atoms with Gasteiger partial charge in [0.2, 0.25) is 5.91 Å². The van der Waals surface area contributed by atoms with Gasteiger partial charge < -0.3 is 5.32 Å². The lowest BCUT2D eigenvalue weighted by Crippen LogP contribution is -2.14. The van der Waals surface area contributed by atoms with E-state index >= 15 is 0 Å². The maximum absolute atomic E-state index is 12.4. The summed E-state index contributed by atoms with van der Waals surface area (Å²) in [6.07, 6.45) is 25.1. The molecular formula is C28H45NO. The van der Waals surface area contributed by atoms with E-state index in [2.05, 4.69) is 68.6 Å². The van der Waals surface area contributed by atoms with Crippen LogP contribution in [-0.4, -0.2) is 5.91 Å². The average molecular weight is 412 g/mol. The van der Waals surface area contributed by atoms with Gasteiger partial charge in [-0.3, -0.25) is 4.79 Å². The van der Waals surface area contributed by atoms with Gasteiger partial charge in [-0.15, -0.1) is 0 Å². The van der Waals surface area contributed by atoms with Crippen LogP contribution in [0.25, 0.3) is 0 Å². The van der Waals surface area contributed by atoms with Crippen molar-refractivity contribution in [2.24, 2.45) is 0 Å². The van der Waals surface area contributed by atoms with Gasteiger partial charge in [0.1, 0.15) is 0 Å². The molecular weight excluding hydrogens is 366 g/mol. The molecule has 0 unspecified atom stereocenters. The third-order valence-corrected chi connectivity index (χ3v) is 5.62. The van der Waals surface area contributed by atoms with E-state index in [0.29, 0.717) is 6.42 Å². The third kappa shape index (κ3) is 12.0. The van der Waals surface area contributed by atoms with Crippen LogP contribution >= 0.6 is 0 Å². The number of amides is 1. The van der Waals surface area contributed by atoms with Gasteiger partial charge in [-0.2, -0.15) is 0 Å². The van der Waals surface area contributed by atoms with E-state index in [-0.39, 0.29) is 5.91 Å². The van der Waals surface area contributed by atoms with Crippen LogP contribution < -0.4 is 5.32 Å². The van der Waals surface area contributed by atoms with Gasteiger partial charge >= 0.3 is 0 Å². The average Bonchev–Trinajstić information content (AvgIpc) is 2.76. The maximum atomic E-state index is 12.4. The molecule has 0 saturated carbocycles. The molecule has 0 bridgehead atoms. The van der Waals surface area contributed by atoms with Crippen molar-refractivity contribution in [1.29, 1.82) is 0 Å². The molecule has 1 aromatic rings. The molecule has 0 radical (unpaired) electrons. The second-order valence-electron chi connectivity index (χ2n) is 8.19. The number of benzene rings is 1. The molecule has 1 amide bonds. The van der Waals surface area contributed by atoms with E-state index in [9.17, 15) is 4.79 Å². The number of carbonyl (C=O) groups excluding carboxylic acids is 1. The summed E-state index contributed by atoms with van der Waals surface area (Å²) in [5.74, 6) is 0.163. The zero-order chi connectivity index (χ0) is 21.9. The van der Waals surface area contributed by atoms with E-state index in [0.717, 1.165) is 37.8 Å². The molecule has 1 N–H and O–H groups in total. The fraction of sp³-hybridized carbons (Fsp3) is 0.607. The van der Waals surface area contributed by atoms with Gasteiger partial charge in [0.15, 0.2) is 0 Å². The molecule has 0 aliphatic carbocycles. The van der Waals surface area contributed by atoms with Crippen LogP contribution in [0.1, 0.15) is 109 Å². The van der Waals surface area contributed by atoms with Gasteiger partial charge in [-0.25, -0.2) is 0 Å². The predicted molar refractivity (Wildman–Crippen MR) is 133 cm³/mol. The number of allylic oxidation sites excluding steroid dienone is 4. The summed E-state index contributed by atoms with van der Waals surface area (Å²) in [7, 11) is 0. The Labute approximate surface area is 186 Å². The quantitative estimate of drug-likeness (QED) is 0.202. The SMILES string of the molecule is CCCCC/C=C\C/C=C\CCCCCCCC(=O)Nc1c(CC)cccc1CC. The van der Waals surface area contributed by atoms with E-state index in [4.69, 9.17) is 0 Å². The number of nitrogens with one attached hydrogen (secondary N) is 1. The molecule has 0 aliphatic heterocycles. The fourth-order valence-corrected chi connectivity index (χ4v) is 3.70. The molecule has 0 aliphatic rings. The Morgan fingerprint density at radius 1 is 0.767 bits per heavy atom. The monoisotopic (exact) mass is 411 g/mol. The molecule has 0 spiro atoms. The van der Waals surface area contributed by atoms with Crippen molar-refractivity contribution in [3.8, 4) is 0 Å². The number of carbonyl (C=O) groups is 1.